The second-order valence-electron chi connectivity index (χ2n) is 3.82. The van der Waals surface area contributed by atoms with Gasteiger partial charge in [0, 0.05) is 12.2 Å². The first-order chi connectivity index (χ1) is 6.00. The normalized spacial score (nSPS) is 13.6. The Morgan fingerprint density at radius 1 is 1.54 bits per heavy atom. The highest BCUT2D eigenvalue weighted by atomic mass is 35.5. The minimum absolute atomic E-state index is 0.356. The molecule has 0 aromatic carbocycles. The Balaban J connectivity index is 2.71. The van der Waals surface area contributed by atoms with Gasteiger partial charge in [0.05, 0.1) is 0 Å². The van der Waals surface area contributed by atoms with Crippen LogP contribution in [0, 0.1) is 5.92 Å². The number of rotatable bonds is 3. The highest BCUT2D eigenvalue weighted by molar-refractivity contribution is 6.32. The Bertz CT molecular complexity index is 261. The van der Waals surface area contributed by atoms with Crippen LogP contribution in [0.1, 0.15) is 33.2 Å². The number of nitrogens with zero attached hydrogens (tertiary/aromatic N) is 2. The lowest BCUT2D eigenvalue weighted by molar-refractivity contribution is 0.399. The maximum Gasteiger partial charge on any atom is 0.164 e. The van der Waals surface area contributed by atoms with Crippen LogP contribution in [-0.4, -0.2) is 9.78 Å². The summed E-state index contributed by atoms with van der Waals surface area (Å²) in [5.41, 5.74) is 5.55. The fraction of sp³-hybridized carbons (Fsp3) is 0.667. The Hall–Kier alpha value is -0.700. The average molecular weight is 202 g/mol. The minimum Gasteiger partial charge on any atom is -0.381 e. The van der Waals surface area contributed by atoms with Crippen LogP contribution in [0.25, 0.3) is 0 Å². The van der Waals surface area contributed by atoms with Gasteiger partial charge in [-0.2, -0.15) is 5.10 Å². The smallest absolute Gasteiger partial charge is 0.164 e. The van der Waals surface area contributed by atoms with Crippen LogP contribution in [-0.2, 0) is 0 Å². The Morgan fingerprint density at radius 2 is 2.15 bits per heavy atom. The van der Waals surface area contributed by atoms with Gasteiger partial charge in [-0.15, -0.1) is 0 Å². The summed E-state index contributed by atoms with van der Waals surface area (Å²) in [6.45, 7) is 6.48. The lowest BCUT2D eigenvalue weighted by atomic mass is 10.1. The molecule has 1 aromatic heterocycles. The van der Waals surface area contributed by atoms with Crippen molar-refractivity contribution in [1.29, 1.82) is 0 Å². The Morgan fingerprint density at radius 3 is 2.54 bits per heavy atom. The van der Waals surface area contributed by atoms with Crippen molar-refractivity contribution in [1.82, 2.24) is 9.78 Å². The van der Waals surface area contributed by atoms with Gasteiger partial charge in [0.2, 0.25) is 0 Å². The summed E-state index contributed by atoms with van der Waals surface area (Å²) in [7, 11) is 0. The molecule has 0 saturated heterocycles. The third-order valence-corrected chi connectivity index (χ3v) is 2.27. The van der Waals surface area contributed by atoms with E-state index < -0.39 is 0 Å². The molecule has 0 aliphatic heterocycles. The van der Waals surface area contributed by atoms with E-state index in [2.05, 4.69) is 25.9 Å². The molecule has 0 aliphatic rings. The van der Waals surface area contributed by atoms with Crippen molar-refractivity contribution < 1.29 is 0 Å². The van der Waals surface area contributed by atoms with Gasteiger partial charge in [0.1, 0.15) is 5.02 Å². The highest BCUT2D eigenvalue weighted by Gasteiger charge is 2.10. The van der Waals surface area contributed by atoms with Crippen molar-refractivity contribution >= 4 is 17.4 Å². The van der Waals surface area contributed by atoms with E-state index in [1.165, 1.54) is 0 Å². The van der Waals surface area contributed by atoms with E-state index in [1.807, 2.05) is 4.68 Å². The molecule has 1 unspecified atom stereocenters. The summed E-state index contributed by atoms with van der Waals surface area (Å²) in [6.07, 6.45) is 2.86. The lowest BCUT2D eigenvalue weighted by Crippen LogP contribution is -2.08. The van der Waals surface area contributed by atoms with Crippen LogP contribution < -0.4 is 5.73 Å². The van der Waals surface area contributed by atoms with Gasteiger partial charge in [0.15, 0.2) is 5.82 Å². The van der Waals surface area contributed by atoms with E-state index in [0.29, 0.717) is 22.8 Å². The molecule has 74 valence electrons. The summed E-state index contributed by atoms with van der Waals surface area (Å²) in [5.74, 6) is 1.07. The van der Waals surface area contributed by atoms with Crippen molar-refractivity contribution in [3.05, 3.63) is 11.2 Å². The minimum atomic E-state index is 0.356. The van der Waals surface area contributed by atoms with Gasteiger partial charge >= 0.3 is 0 Å². The third-order valence-electron chi connectivity index (χ3n) is 1.98. The van der Waals surface area contributed by atoms with Crippen LogP contribution in [0.2, 0.25) is 5.02 Å². The van der Waals surface area contributed by atoms with Crippen LogP contribution in [0.3, 0.4) is 0 Å². The quantitative estimate of drug-likeness (QED) is 0.818. The molecular weight excluding hydrogens is 186 g/mol. The number of hydrogen-bond donors (Lipinski definition) is 1. The van der Waals surface area contributed by atoms with Crippen molar-refractivity contribution in [2.75, 3.05) is 5.73 Å². The molecule has 0 spiro atoms. The van der Waals surface area contributed by atoms with Crippen molar-refractivity contribution in [2.24, 2.45) is 5.92 Å². The topological polar surface area (TPSA) is 43.8 Å². The number of hydrogen-bond acceptors (Lipinski definition) is 2. The number of nitrogens with two attached hydrogens (primary N) is 1. The van der Waals surface area contributed by atoms with Crippen LogP contribution >= 0.6 is 11.6 Å². The molecule has 13 heavy (non-hydrogen) atoms. The van der Waals surface area contributed by atoms with Gasteiger partial charge in [-0.05, 0) is 19.3 Å². The van der Waals surface area contributed by atoms with Gasteiger partial charge in [-0.1, -0.05) is 25.4 Å². The van der Waals surface area contributed by atoms with E-state index >= 15 is 0 Å². The first-order valence-corrected chi connectivity index (χ1v) is 4.88. The SMILES string of the molecule is CC(C)CC(C)n1cc(Cl)c(N)n1. The fourth-order valence-electron chi connectivity index (χ4n) is 1.40. The van der Waals surface area contributed by atoms with Crippen molar-refractivity contribution in [3.63, 3.8) is 0 Å². The average Bonchev–Trinajstić information content (AvgIpc) is 2.31. The number of nitrogen functional groups attached to an aromatic ring is 1. The lowest BCUT2D eigenvalue weighted by Gasteiger charge is -2.13. The predicted molar refractivity (Wildman–Crippen MR) is 55.8 cm³/mol. The van der Waals surface area contributed by atoms with Gasteiger partial charge in [0.25, 0.3) is 0 Å². The van der Waals surface area contributed by atoms with Crippen LogP contribution in [0.15, 0.2) is 6.20 Å². The summed E-state index contributed by atoms with van der Waals surface area (Å²) in [5, 5.41) is 4.66. The van der Waals surface area contributed by atoms with Crippen molar-refractivity contribution in [2.45, 2.75) is 33.2 Å². The van der Waals surface area contributed by atoms with Crippen LogP contribution in [0.4, 0.5) is 5.82 Å². The molecule has 1 rings (SSSR count). The molecule has 1 heterocycles. The van der Waals surface area contributed by atoms with E-state index in [-0.39, 0.29) is 0 Å². The Kier molecular flexibility index (Phi) is 3.20. The maximum atomic E-state index is 5.80. The standard InChI is InChI=1S/C9H16ClN3/c1-6(2)4-7(3)13-5-8(10)9(11)12-13/h5-7H,4H2,1-3H3,(H2,11,12). The molecule has 0 bridgehead atoms. The molecule has 3 nitrogen and oxygen atoms in total. The second kappa shape index (κ2) is 4.01. The summed E-state index contributed by atoms with van der Waals surface area (Å²) in [4.78, 5) is 0. The molecule has 0 aliphatic carbocycles. The summed E-state index contributed by atoms with van der Waals surface area (Å²) in [6, 6.07) is 0.356. The molecule has 1 aromatic rings. The first kappa shape index (κ1) is 10.4. The second-order valence-corrected chi connectivity index (χ2v) is 4.23. The zero-order valence-corrected chi connectivity index (χ0v) is 9.04. The number of anilines is 1. The number of aromatic nitrogens is 2. The largest absolute Gasteiger partial charge is 0.381 e. The summed E-state index contributed by atoms with van der Waals surface area (Å²) < 4.78 is 1.83. The molecule has 1 atom stereocenters. The van der Waals surface area contributed by atoms with Gasteiger partial charge < -0.3 is 5.73 Å². The van der Waals surface area contributed by atoms with E-state index in [0.717, 1.165) is 6.42 Å². The fourth-order valence-corrected chi connectivity index (χ4v) is 1.54. The highest BCUT2D eigenvalue weighted by Crippen LogP contribution is 2.21. The third kappa shape index (κ3) is 2.62. The molecular formula is C9H16ClN3. The molecule has 0 amide bonds. The van der Waals surface area contributed by atoms with E-state index in [4.69, 9.17) is 17.3 Å². The van der Waals surface area contributed by atoms with E-state index in [9.17, 15) is 0 Å². The monoisotopic (exact) mass is 201 g/mol. The summed E-state index contributed by atoms with van der Waals surface area (Å²) >= 11 is 5.80. The molecule has 4 heteroatoms. The van der Waals surface area contributed by atoms with Gasteiger partial charge in [-0.25, -0.2) is 0 Å². The van der Waals surface area contributed by atoms with E-state index in [1.54, 1.807) is 6.20 Å². The zero-order chi connectivity index (χ0) is 10.0. The van der Waals surface area contributed by atoms with Crippen LogP contribution in [0.5, 0.6) is 0 Å². The number of halogens is 1. The van der Waals surface area contributed by atoms with Gasteiger partial charge in [-0.3, -0.25) is 4.68 Å². The maximum absolute atomic E-state index is 5.80. The molecule has 0 radical (unpaired) electrons. The Labute approximate surface area is 83.9 Å². The van der Waals surface area contributed by atoms with Crippen molar-refractivity contribution in [3.8, 4) is 0 Å². The first-order valence-electron chi connectivity index (χ1n) is 4.50. The predicted octanol–water partition coefficient (Wildman–Crippen LogP) is 2.73. The molecule has 2 N–H and O–H groups in total. The zero-order valence-electron chi connectivity index (χ0n) is 8.29. The molecule has 0 fully saturated rings. The molecule has 0 saturated carbocycles.